The Labute approximate surface area is 265 Å². The monoisotopic (exact) mass is 631 g/mol. The number of hydrogen-bond donors (Lipinski definition) is 1. The number of carbonyl (C=O) groups is 1. The van der Waals surface area contributed by atoms with Crippen LogP contribution in [0.3, 0.4) is 0 Å². The number of carbonyl (C=O) groups excluding carboxylic acids is 1. The summed E-state index contributed by atoms with van der Waals surface area (Å²) in [6, 6.07) is 20.0. The summed E-state index contributed by atoms with van der Waals surface area (Å²) in [6.07, 6.45) is 3.62. The number of nitrogens with zero attached hydrogens (tertiary/aromatic N) is 4. The lowest BCUT2D eigenvalue weighted by molar-refractivity contribution is 0.00154. The summed E-state index contributed by atoms with van der Waals surface area (Å²) >= 11 is 12.6. The highest BCUT2D eigenvalue weighted by Crippen LogP contribution is 2.40. The number of ether oxygens (including phenoxy) is 1. The Hall–Kier alpha value is -3.69. The van der Waals surface area contributed by atoms with Crippen molar-refractivity contribution in [3.63, 3.8) is 0 Å². The number of hydrogen-bond acceptors (Lipinski definition) is 4. The topological polar surface area (TPSA) is 66.4 Å². The number of aromatic nitrogens is 3. The maximum Gasteiger partial charge on any atom is 0.271 e. The molecule has 2 aliphatic rings. The van der Waals surface area contributed by atoms with Gasteiger partial charge in [-0.25, -0.2) is 9.37 Å². The zero-order valence-electron chi connectivity index (χ0n) is 24.1. The SMILES string of the molecule is O=C(c1[nH]c2cc(Cl)ccc2c1-c1c(-c2ccc(F)cc2)ncn1Cc1ccc(Cl)cc1)N1CCC(N2CCOCC2)CC1. The quantitative estimate of drug-likeness (QED) is 0.216. The van der Waals surface area contributed by atoms with E-state index < -0.39 is 0 Å². The van der Waals surface area contributed by atoms with Crippen LogP contribution in [0.1, 0.15) is 28.9 Å². The van der Waals surface area contributed by atoms with E-state index in [0.717, 1.165) is 72.4 Å². The zero-order valence-corrected chi connectivity index (χ0v) is 25.6. The van der Waals surface area contributed by atoms with Gasteiger partial charge in [0.2, 0.25) is 0 Å². The van der Waals surface area contributed by atoms with E-state index in [4.69, 9.17) is 32.9 Å². The summed E-state index contributed by atoms with van der Waals surface area (Å²) in [6.45, 7) is 5.25. The third kappa shape index (κ3) is 5.75. The Morgan fingerprint density at radius 1 is 0.932 bits per heavy atom. The fourth-order valence-corrected chi connectivity index (χ4v) is 6.78. The van der Waals surface area contributed by atoms with Crippen LogP contribution in [0, 0.1) is 5.82 Å². The van der Waals surface area contributed by atoms with Crippen LogP contribution < -0.4 is 0 Å². The van der Waals surface area contributed by atoms with Crippen molar-refractivity contribution >= 4 is 40.0 Å². The second-order valence-electron chi connectivity index (χ2n) is 11.4. The van der Waals surface area contributed by atoms with Crippen molar-refractivity contribution in [1.29, 1.82) is 0 Å². The van der Waals surface area contributed by atoms with Crippen molar-refractivity contribution in [3.8, 4) is 22.5 Å². The average molecular weight is 633 g/mol. The smallest absolute Gasteiger partial charge is 0.271 e. The number of morpholine rings is 1. The second-order valence-corrected chi connectivity index (χ2v) is 12.3. The van der Waals surface area contributed by atoms with E-state index in [2.05, 4.69) is 9.88 Å². The molecule has 0 atom stereocenters. The molecule has 7 nitrogen and oxygen atoms in total. The van der Waals surface area contributed by atoms with E-state index in [1.807, 2.05) is 51.9 Å². The molecule has 0 radical (unpaired) electrons. The average Bonchev–Trinajstić information content (AvgIpc) is 3.63. The molecule has 226 valence electrons. The van der Waals surface area contributed by atoms with Gasteiger partial charge >= 0.3 is 0 Å². The molecule has 5 aromatic rings. The van der Waals surface area contributed by atoms with E-state index in [-0.39, 0.29) is 11.7 Å². The normalized spacial score (nSPS) is 16.6. The van der Waals surface area contributed by atoms with Gasteiger partial charge in [0, 0.05) is 70.8 Å². The molecule has 10 heteroatoms. The summed E-state index contributed by atoms with van der Waals surface area (Å²) in [5.74, 6) is -0.383. The number of rotatable bonds is 6. The predicted molar refractivity (Wildman–Crippen MR) is 172 cm³/mol. The van der Waals surface area contributed by atoms with Crippen LogP contribution in [0.25, 0.3) is 33.4 Å². The van der Waals surface area contributed by atoms with Gasteiger partial charge in [-0.1, -0.05) is 41.4 Å². The predicted octanol–water partition coefficient (Wildman–Crippen LogP) is 7.13. The fourth-order valence-electron chi connectivity index (χ4n) is 6.48. The number of aromatic amines is 1. The first-order chi connectivity index (χ1) is 21.4. The molecule has 4 heterocycles. The molecule has 0 saturated carbocycles. The third-order valence-electron chi connectivity index (χ3n) is 8.75. The number of likely N-dealkylation sites (tertiary alicyclic amines) is 1. The highest BCUT2D eigenvalue weighted by Gasteiger charge is 2.32. The van der Waals surface area contributed by atoms with Crippen LogP contribution in [-0.2, 0) is 11.3 Å². The summed E-state index contributed by atoms with van der Waals surface area (Å²) in [5, 5.41) is 2.09. The van der Waals surface area contributed by atoms with Crippen LogP contribution in [0.15, 0.2) is 73.1 Å². The van der Waals surface area contributed by atoms with E-state index in [1.54, 1.807) is 18.5 Å². The van der Waals surface area contributed by atoms with Crippen LogP contribution in [0.4, 0.5) is 4.39 Å². The Balaban J connectivity index is 1.32. The second kappa shape index (κ2) is 12.4. The number of halogens is 3. The molecule has 2 fully saturated rings. The summed E-state index contributed by atoms with van der Waals surface area (Å²) < 4.78 is 21.5. The Morgan fingerprint density at radius 3 is 2.36 bits per heavy atom. The fraction of sp³-hybridized carbons (Fsp3) is 0.294. The minimum Gasteiger partial charge on any atom is -0.379 e. The molecule has 2 aromatic heterocycles. The molecule has 0 unspecified atom stereocenters. The van der Waals surface area contributed by atoms with Crippen molar-refractivity contribution in [1.82, 2.24) is 24.3 Å². The number of fused-ring (bicyclic) bond motifs is 1. The van der Waals surface area contributed by atoms with E-state index in [0.29, 0.717) is 47.1 Å². The van der Waals surface area contributed by atoms with E-state index >= 15 is 0 Å². The maximum atomic E-state index is 14.4. The Bertz CT molecular complexity index is 1790. The highest BCUT2D eigenvalue weighted by atomic mass is 35.5. The van der Waals surface area contributed by atoms with Gasteiger partial charge in [0.25, 0.3) is 5.91 Å². The third-order valence-corrected chi connectivity index (χ3v) is 9.23. The van der Waals surface area contributed by atoms with E-state index in [9.17, 15) is 9.18 Å². The number of nitrogens with one attached hydrogen (secondary N) is 1. The van der Waals surface area contributed by atoms with Crippen molar-refractivity contribution in [2.45, 2.75) is 25.4 Å². The number of imidazole rings is 1. The van der Waals surface area contributed by atoms with Crippen molar-refractivity contribution in [3.05, 3.63) is 100 Å². The lowest BCUT2D eigenvalue weighted by atomic mass is 9.99. The largest absolute Gasteiger partial charge is 0.379 e. The number of piperidine rings is 1. The van der Waals surface area contributed by atoms with Gasteiger partial charge in [0.05, 0.1) is 30.9 Å². The lowest BCUT2D eigenvalue weighted by Gasteiger charge is -2.40. The molecule has 7 rings (SSSR count). The van der Waals surface area contributed by atoms with Gasteiger partial charge in [0.15, 0.2) is 0 Å². The summed E-state index contributed by atoms with van der Waals surface area (Å²) in [7, 11) is 0. The lowest BCUT2D eigenvalue weighted by Crippen LogP contribution is -2.50. The maximum absolute atomic E-state index is 14.4. The van der Waals surface area contributed by atoms with Gasteiger partial charge in [-0.05, 0) is 66.9 Å². The molecular weight excluding hydrogens is 600 g/mol. The molecule has 1 N–H and O–H groups in total. The van der Waals surface area contributed by atoms with Gasteiger partial charge in [-0.15, -0.1) is 0 Å². The Kier molecular flexibility index (Phi) is 8.16. The summed E-state index contributed by atoms with van der Waals surface area (Å²) in [5.41, 5.74) is 5.23. The molecular formula is C34H32Cl2FN5O2. The molecule has 1 amide bonds. The van der Waals surface area contributed by atoms with Gasteiger partial charge in [0.1, 0.15) is 11.5 Å². The molecule has 2 saturated heterocycles. The summed E-state index contributed by atoms with van der Waals surface area (Å²) in [4.78, 5) is 27.1. The van der Waals surface area contributed by atoms with Crippen molar-refractivity contribution < 1.29 is 13.9 Å². The minimum absolute atomic E-state index is 0.0583. The van der Waals surface area contributed by atoms with Crippen LogP contribution in [-0.4, -0.2) is 75.7 Å². The zero-order chi connectivity index (χ0) is 30.2. The van der Waals surface area contributed by atoms with Crippen molar-refractivity contribution in [2.24, 2.45) is 0 Å². The number of amides is 1. The van der Waals surface area contributed by atoms with Crippen LogP contribution in [0.5, 0.6) is 0 Å². The van der Waals surface area contributed by atoms with Crippen LogP contribution >= 0.6 is 23.2 Å². The number of H-pyrrole nitrogens is 1. The van der Waals surface area contributed by atoms with Gasteiger partial charge in [-0.3, -0.25) is 9.69 Å². The minimum atomic E-state index is -0.325. The first-order valence-electron chi connectivity index (χ1n) is 14.9. The molecule has 3 aromatic carbocycles. The van der Waals surface area contributed by atoms with E-state index in [1.165, 1.54) is 12.1 Å². The first kappa shape index (κ1) is 29.0. The number of benzene rings is 3. The molecule has 2 aliphatic heterocycles. The molecule has 0 spiro atoms. The first-order valence-corrected chi connectivity index (χ1v) is 15.7. The molecule has 44 heavy (non-hydrogen) atoms. The Morgan fingerprint density at radius 2 is 1.64 bits per heavy atom. The van der Waals surface area contributed by atoms with Crippen LogP contribution in [0.2, 0.25) is 10.0 Å². The van der Waals surface area contributed by atoms with Crippen molar-refractivity contribution in [2.75, 3.05) is 39.4 Å². The molecule has 0 aliphatic carbocycles. The molecule has 0 bridgehead atoms. The highest BCUT2D eigenvalue weighted by molar-refractivity contribution is 6.31. The van der Waals surface area contributed by atoms with Gasteiger partial charge < -0.3 is 19.2 Å². The van der Waals surface area contributed by atoms with Gasteiger partial charge in [-0.2, -0.15) is 0 Å². The standard InChI is InChI=1S/C34H32Cl2FN5O2/c35-24-5-1-22(2-6-24)20-42-21-38-31(23-3-8-26(37)9-4-23)33(42)30-28-10-7-25(36)19-29(28)39-32(30)34(43)41-13-11-27(12-14-41)40-15-17-44-18-16-40/h1-10,19,21,27,39H,11-18,20H2.